The number of carbonyl (C=O) groups excluding carboxylic acids is 1. The fourth-order valence-electron chi connectivity index (χ4n) is 3.35. The van der Waals surface area contributed by atoms with Gasteiger partial charge in [-0.2, -0.15) is 0 Å². The number of carbonyl (C=O) groups is 1. The first-order chi connectivity index (χ1) is 11.4. The van der Waals surface area contributed by atoms with E-state index >= 15 is 0 Å². The van der Waals surface area contributed by atoms with Crippen LogP contribution >= 0.6 is 22.9 Å². The van der Waals surface area contributed by atoms with Gasteiger partial charge in [-0.3, -0.25) is 4.79 Å². The van der Waals surface area contributed by atoms with Gasteiger partial charge >= 0.3 is 0 Å². The molecule has 2 nitrogen and oxygen atoms in total. The average molecular weight is 362 g/mol. The second-order valence-electron chi connectivity index (χ2n) is 7.63. The molecule has 0 bridgehead atoms. The molecule has 4 heteroatoms. The summed E-state index contributed by atoms with van der Waals surface area (Å²) in [5, 5.41) is 5.74. The molecule has 2 aromatic rings. The van der Waals surface area contributed by atoms with Crippen molar-refractivity contribution in [3.63, 3.8) is 0 Å². The van der Waals surface area contributed by atoms with Crippen molar-refractivity contribution in [3.8, 4) is 0 Å². The summed E-state index contributed by atoms with van der Waals surface area (Å²) in [5.41, 5.74) is 3.39. The first kappa shape index (κ1) is 17.5. The lowest BCUT2D eigenvalue weighted by Gasteiger charge is -2.34. The molecule has 3 rings (SSSR count). The zero-order chi connectivity index (χ0) is 17.3. The van der Waals surface area contributed by atoms with Gasteiger partial charge in [-0.1, -0.05) is 50.6 Å². The van der Waals surface area contributed by atoms with E-state index < -0.39 is 0 Å². The summed E-state index contributed by atoms with van der Waals surface area (Å²) >= 11 is 7.90. The SMILES string of the molecule is CC(C)(C)[C@H]1CCc2c(C(=O)NCc3ccccc3Cl)csc2C1. The number of hydrogen-bond donors (Lipinski definition) is 1. The van der Waals surface area contributed by atoms with Crippen molar-refractivity contribution in [2.24, 2.45) is 11.3 Å². The van der Waals surface area contributed by atoms with E-state index in [-0.39, 0.29) is 5.91 Å². The van der Waals surface area contributed by atoms with E-state index in [1.165, 1.54) is 10.4 Å². The normalized spacial score (nSPS) is 17.4. The fourth-order valence-corrected chi connectivity index (χ4v) is 4.72. The van der Waals surface area contributed by atoms with Crippen LogP contribution in [0.1, 0.15) is 53.6 Å². The molecule has 0 unspecified atom stereocenters. The Morgan fingerprint density at radius 3 is 2.79 bits per heavy atom. The highest BCUT2D eigenvalue weighted by molar-refractivity contribution is 7.10. The lowest BCUT2D eigenvalue weighted by atomic mass is 9.72. The Labute approximate surface area is 153 Å². The zero-order valence-corrected chi connectivity index (χ0v) is 16.1. The number of benzene rings is 1. The molecule has 0 fully saturated rings. The van der Waals surface area contributed by atoms with Crippen molar-refractivity contribution in [2.45, 2.75) is 46.6 Å². The minimum Gasteiger partial charge on any atom is -0.348 e. The first-order valence-corrected chi connectivity index (χ1v) is 9.73. The monoisotopic (exact) mass is 361 g/mol. The fraction of sp³-hybridized carbons (Fsp3) is 0.450. The molecule has 0 aliphatic heterocycles. The smallest absolute Gasteiger partial charge is 0.252 e. The van der Waals surface area contributed by atoms with Gasteiger partial charge in [-0.05, 0) is 47.8 Å². The minimum absolute atomic E-state index is 0.0154. The molecule has 1 atom stereocenters. The number of rotatable bonds is 3. The second kappa shape index (κ2) is 6.89. The first-order valence-electron chi connectivity index (χ1n) is 8.47. The van der Waals surface area contributed by atoms with Crippen molar-refractivity contribution in [2.75, 3.05) is 0 Å². The van der Waals surface area contributed by atoms with Gasteiger partial charge in [-0.15, -0.1) is 11.3 Å². The van der Waals surface area contributed by atoms with Crippen LogP contribution in [0, 0.1) is 11.3 Å². The predicted octanol–water partition coefficient (Wildman–Crippen LogP) is 5.48. The molecule has 1 amide bonds. The zero-order valence-electron chi connectivity index (χ0n) is 14.5. The lowest BCUT2D eigenvalue weighted by molar-refractivity contribution is 0.0950. The van der Waals surface area contributed by atoms with Crippen LogP contribution in [0.2, 0.25) is 5.02 Å². The maximum Gasteiger partial charge on any atom is 0.252 e. The molecular formula is C20H24ClNOS. The van der Waals surface area contributed by atoms with Gasteiger partial charge in [-0.25, -0.2) is 0 Å². The van der Waals surface area contributed by atoms with E-state index in [2.05, 4.69) is 26.1 Å². The summed E-state index contributed by atoms with van der Waals surface area (Å²) in [7, 11) is 0. The molecule has 1 aromatic heterocycles. The number of amides is 1. The highest BCUT2D eigenvalue weighted by atomic mass is 35.5. The highest BCUT2D eigenvalue weighted by Gasteiger charge is 2.31. The summed E-state index contributed by atoms with van der Waals surface area (Å²) in [4.78, 5) is 14.0. The molecule has 1 aromatic carbocycles. The summed E-state index contributed by atoms with van der Waals surface area (Å²) in [6.07, 6.45) is 3.27. The van der Waals surface area contributed by atoms with Crippen LogP contribution in [0.3, 0.4) is 0 Å². The lowest BCUT2D eigenvalue weighted by Crippen LogP contribution is -2.28. The average Bonchev–Trinajstić information content (AvgIpc) is 2.96. The number of fused-ring (bicyclic) bond motifs is 1. The van der Waals surface area contributed by atoms with Gasteiger partial charge in [0.05, 0.1) is 5.56 Å². The van der Waals surface area contributed by atoms with Crippen molar-refractivity contribution in [3.05, 3.63) is 56.2 Å². The van der Waals surface area contributed by atoms with Crippen LogP contribution in [0.25, 0.3) is 0 Å². The van der Waals surface area contributed by atoms with Crippen molar-refractivity contribution in [1.82, 2.24) is 5.32 Å². The van der Waals surface area contributed by atoms with E-state index in [4.69, 9.17) is 11.6 Å². The van der Waals surface area contributed by atoms with E-state index in [9.17, 15) is 4.79 Å². The number of hydrogen-bond acceptors (Lipinski definition) is 2. The number of halogens is 1. The molecular weight excluding hydrogens is 338 g/mol. The Morgan fingerprint density at radius 1 is 1.33 bits per heavy atom. The quantitative estimate of drug-likeness (QED) is 0.770. The molecule has 0 radical (unpaired) electrons. The van der Waals surface area contributed by atoms with E-state index in [0.717, 1.165) is 30.4 Å². The van der Waals surface area contributed by atoms with Gasteiger partial charge in [0.15, 0.2) is 0 Å². The highest BCUT2D eigenvalue weighted by Crippen LogP contribution is 2.40. The Morgan fingerprint density at radius 2 is 2.08 bits per heavy atom. The minimum atomic E-state index is 0.0154. The molecule has 0 saturated carbocycles. The number of thiophene rings is 1. The van der Waals surface area contributed by atoms with Gasteiger partial charge in [0.2, 0.25) is 0 Å². The molecule has 24 heavy (non-hydrogen) atoms. The standard InChI is InChI=1S/C20H24ClNOS/c1-20(2,3)14-8-9-15-16(12-24-18(15)10-14)19(23)22-11-13-6-4-5-7-17(13)21/h4-7,12,14H,8-11H2,1-3H3,(H,22,23)/t14-/m0/s1. The Hall–Kier alpha value is -1.32. The Balaban J connectivity index is 1.70. The van der Waals surface area contributed by atoms with Crippen molar-refractivity contribution >= 4 is 28.8 Å². The largest absolute Gasteiger partial charge is 0.348 e. The summed E-state index contributed by atoms with van der Waals surface area (Å²) in [6, 6.07) is 7.63. The predicted molar refractivity (Wildman–Crippen MR) is 102 cm³/mol. The third-order valence-electron chi connectivity index (χ3n) is 5.02. The van der Waals surface area contributed by atoms with Gasteiger partial charge in [0.1, 0.15) is 0 Å². The van der Waals surface area contributed by atoms with Crippen LogP contribution in [-0.4, -0.2) is 5.91 Å². The molecule has 1 aliphatic carbocycles. The molecule has 1 heterocycles. The maximum absolute atomic E-state index is 12.6. The summed E-state index contributed by atoms with van der Waals surface area (Å²) in [6.45, 7) is 7.40. The van der Waals surface area contributed by atoms with Crippen LogP contribution < -0.4 is 5.32 Å². The van der Waals surface area contributed by atoms with Crippen LogP contribution in [0.5, 0.6) is 0 Å². The second-order valence-corrected chi connectivity index (χ2v) is 9.00. The van der Waals surface area contributed by atoms with Crippen LogP contribution in [0.15, 0.2) is 29.6 Å². The van der Waals surface area contributed by atoms with Gasteiger partial charge < -0.3 is 5.32 Å². The van der Waals surface area contributed by atoms with E-state index in [1.807, 2.05) is 29.6 Å². The van der Waals surface area contributed by atoms with Crippen LogP contribution in [-0.2, 0) is 19.4 Å². The molecule has 0 saturated heterocycles. The van der Waals surface area contributed by atoms with E-state index in [0.29, 0.717) is 22.9 Å². The number of nitrogens with one attached hydrogen (secondary N) is 1. The van der Waals surface area contributed by atoms with Crippen molar-refractivity contribution < 1.29 is 4.79 Å². The topological polar surface area (TPSA) is 29.1 Å². The van der Waals surface area contributed by atoms with Gasteiger partial charge in [0.25, 0.3) is 5.91 Å². The Bertz CT molecular complexity index is 744. The van der Waals surface area contributed by atoms with Crippen LogP contribution in [0.4, 0.5) is 0 Å². The van der Waals surface area contributed by atoms with Gasteiger partial charge in [0, 0.05) is 21.8 Å². The van der Waals surface area contributed by atoms with E-state index in [1.54, 1.807) is 11.3 Å². The molecule has 1 N–H and O–H groups in total. The van der Waals surface area contributed by atoms with Crippen molar-refractivity contribution in [1.29, 1.82) is 0 Å². The molecule has 128 valence electrons. The summed E-state index contributed by atoms with van der Waals surface area (Å²) < 4.78 is 0. The third kappa shape index (κ3) is 3.68. The Kier molecular flexibility index (Phi) is 5.03. The summed E-state index contributed by atoms with van der Waals surface area (Å²) in [5.74, 6) is 0.712. The molecule has 0 spiro atoms. The maximum atomic E-state index is 12.6. The third-order valence-corrected chi connectivity index (χ3v) is 6.44. The molecule has 1 aliphatic rings.